The van der Waals surface area contributed by atoms with E-state index < -0.39 is 15.8 Å². The van der Waals surface area contributed by atoms with Gasteiger partial charge in [-0.25, -0.2) is 0 Å². The lowest BCUT2D eigenvalue weighted by atomic mass is 10.1. The summed E-state index contributed by atoms with van der Waals surface area (Å²) in [6.07, 6.45) is 7.32. The standard InChI is InChI=1S/C16H13Cl3N2O2/c1-2-15(5-6-15)21-13(22)10-7-9(3-4-12(10)17)20-14(23)11-8-16(11,18)19/h1,3-4,7,11H,5-6,8H2,(H,20,23)(H,21,22)/t11-/m1/s1. The second-order valence-corrected chi connectivity index (χ2v) is 7.83. The first-order valence-corrected chi connectivity index (χ1v) is 8.18. The molecule has 0 bridgehead atoms. The maximum atomic E-state index is 12.3. The number of hydrogen-bond acceptors (Lipinski definition) is 2. The van der Waals surface area contributed by atoms with E-state index >= 15 is 0 Å². The van der Waals surface area contributed by atoms with Crippen LogP contribution in [0.2, 0.25) is 5.02 Å². The largest absolute Gasteiger partial charge is 0.336 e. The molecule has 2 saturated carbocycles. The molecule has 120 valence electrons. The minimum absolute atomic E-state index is 0.254. The van der Waals surface area contributed by atoms with E-state index in [1.807, 2.05) is 0 Å². The van der Waals surface area contributed by atoms with Crippen LogP contribution in [-0.2, 0) is 4.79 Å². The summed E-state index contributed by atoms with van der Waals surface area (Å²) in [6, 6.07) is 4.66. The Labute approximate surface area is 148 Å². The number of nitrogens with one attached hydrogen (secondary N) is 2. The fraction of sp³-hybridized carbons (Fsp3) is 0.375. The van der Waals surface area contributed by atoms with Crippen molar-refractivity contribution in [2.24, 2.45) is 5.92 Å². The molecule has 23 heavy (non-hydrogen) atoms. The topological polar surface area (TPSA) is 58.2 Å². The quantitative estimate of drug-likeness (QED) is 0.630. The second kappa shape index (κ2) is 5.59. The van der Waals surface area contributed by atoms with Gasteiger partial charge in [0, 0.05) is 5.69 Å². The van der Waals surface area contributed by atoms with Gasteiger partial charge >= 0.3 is 0 Å². The van der Waals surface area contributed by atoms with Crippen LogP contribution in [0.15, 0.2) is 18.2 Å². The zero-order chi connectivity index (χ0) is 16.8. The molecule has 2 amide bonds. The van der Waals surface area contributed by atoms with Crippen molar-refractivity contribution < 1.29 is 9.59 Å². The first kappa shape index (κ1) is 16.4. The second-order valence-electron chi connectivity index (χ2n) is 5.88. The van der Waals surface area contributed by atoms with Gasteiger partial charge in [-0.05, 0) is 37.5 Å². The number of alkyl halides is 2. The monoisotopic (exact) mass is 370 g/mol. The van der Waals surface area contributed by atoms with Crippen LogP contribution in [0, 0.1) is 18.3 Å². The van der Waals surface area contributed by atoms with Crippen molar-refractivity contribution in [3.05, 3.63) is 28.8 Å². The Balaban J connectivity index is 1.73. The Morgan fingerprint density at radius 3 is 2.48 bits per heavy atom. The Hall–Kier alpha value is -1.41. The first-order chi connectivity index (χ1) is 10.8. The van der Waals surface area contributed by atoms with Crippen molar-refractivity contribution in [3.8, 4) is 12.3 Å². The zero-order valence-corrected chi connectivity index (χ0v) is 14.2. The number of rotatable bonds is 4. The highest BCUT2D eigenvalue weighted by Gasteiger charge is 2.56. The van der Waals surface area contributed by atoms with Crippen LogP contribution in [-0.4, -0.2) is 21.7 Å². The number of hydrogen-bond donors (Lipinski definition) is 2. The van der Waals surface area contributed by atoms with E-state index in [0.717, 1.165) is 12.8 Å². The van der Waals surface area contributed by atoms with Gasteiger partial charge in [0.1, 0.15) is 9.87 Å². The van der Waals surface area contributed by atoms with E-state index in [4.69, 9.17) is 41.2 Å². The van der Waals surface area contributed by atoms with Gasteiger partial charge in [-0.1, -0.05) is 17.5 Å². The van der Waals surface area contributed by atoms with Crippen molar-refractivity contribution in [1.29, 1.82) is 0 Å². The van der Waals surface area contributed by atoms with Crippen molar-refractivity contribution in [2.45, 2.75) is 29.1 Å². The molecule has 1 aromatic rings. The molecule has 0 aliphatic heterocycles. The fourth-order valence-corrected chi connectivity index (χ4v) is 2.93. The zero-order valence-electron chi connectivity index (χ0n) is 12.0. The smallest absolute Gasteiger partial charge is 0.254 e. The van der Waals surface area contributed by atoms with Gasteiger partial charge in [0.15, 0.2) is 0 Å². The highest BCUT2D eigenvalue weighted by Crippen LogP contribution is 2.53. The Kier molecular flexibility index (Phi) is 4.00. The third-order valence-corrected chi connectivity index (χ3v) is 5.17. The molecule has 0 unspecified atom stereocenters. The summed E-state index contributed by atoms with van der Waals surface area (Å²) >= 11 is 17.8. The number of amides is 2. The van der Waals surface area contributed by atoms with Gasteiger partial charge in [0.25, 0.3) is 5.91 Å². The predicted molar refractivity (Wildman–Crippen MR) is 90.9 cm³/mol. The molecule has 0 radical (unpaired) electrons. The third kappa shape index (κ3) is 3.42. The average Bonchev–Trinajstić information content (AvgIpc) is 3.38. The predicted octanol–water partition coefficient (Wildman–Crippen LogP) is 3.37. The van der Waals surface area contributed by atoms with Crippen LogP contribution in [0.5, 0.6) is 0 Å². The Bertz CT molecular complexity index is 735. The summed E-state index contributed by atoms with van der Waals surface area (Å²) in [4.78, 5) is 24.3. The Morgan fingerprint density at radius 1 is 1.30 bits per heavy atom. The number of benzene rings is 1. The summed E-state index contributed by atoms with van der Waals surface area (Å²) in [6.45, 7) is 0. The van der Waals surface area contributed by atoms with Gasteiger partial charge in [-0.3, -0.25) is 9.59 Å². The van der Waals surface area contributed by atoms with Crippen LogP contribution < -0.4 is 10.6 Å². The lowest BCUT2D eigenvalue weighted by molar-refractivity contribution is -0.117. The molecule has 0 heterocycles. The van der Waals surface area contributed by atoms with E-state index in [-0.39, 0.29) is 22.4 Å². The summed E-state index contributed by atoms with van der Waals surface area (Å²) in [5.74, 6) is 1.48. The normalized spacial score (nSPS) is 22.6. The number of carbonyl (C=O) groups is 2. The van der Waals surface area contributed by atoms with Crippen molar-refractivity contribution in [3.63, 3.8) is 0 Å². The van der Waals surface area contributed by atoms with Crippen LogP contribution in [0.25, 0.3) is 0 Å². The SMILES string of the molecule is C#CC1(NC(=O)c2cc(NC(=O)[C@H]3CC3(Cl)Cl)ccc2Cl)CC1. The van der Waals surface area contributed by atoms with Gasteiger partial charge in [0.2, 0.25) is 5.91 Å². The number of carbonyl (C=O) groups excluding carboxylic acids is 2. The summed E-state index contributed by atoms with van der Waals surface area (Å²) in [5.41, 5.74) is 0.140. The number of anilines is 1. The van der Waals surface area contributed by atoms with Crippen LogP contribution in [0.3, 0.4) is 0 Å². The molecule has 0 aromatic heterocycles. The maximum Gasteiger partial charge on any atom is 0.254 e. The fourth-order valence-electron chi connectivity index (χ4n) is 2.22. The molecule has 0 saturated heterocycles. The highest BCUT2D eigenvalue weighted by molar-refractivity contribution is 6.52. The molecular formula is C16H13Cl3N2O2. The molecule has 2 aliphatic carbocycles. The van der Waals surface area contributed by atoms with Gasteiger partial charge in [0.05, 0.1) is 16.5 Å². The van der Waals surface area contributed by atoms with Crippen molar-refractivity contribution in [1.82, 2.24) is 5.32 Å². The van der Waals surface area contributed by atoms with Crippen molar-refractivity contribution >= 4 is 52.3 Å². The van der Waals surface area contributed by atoms with Crippen LogP contribution in [0.4, 0.5) is 5.69 Å². The van der Waals surface area contributed by atoms with E-state index in [0.29, 0.717) is 12.1 Å². The van der Waals surface area contributed by atoms with Crippen LogP contribution in [0.1, 0.15) is 29.6 Å². The molecule has 2 aliphatic rings. The molecular weight excluding hydrogens is 359 g/mol. The van der Waals surface area contributed by atoms with Gasteiger partial charge in [-0.2, -0.15) is 0 Å². The first-order valence-electron chi connectivity index (χ1n) is 7.05. The lowest BCUT2D eigenvalue weighted by Crippen LogP contribution is -2.35. The van der Waals surface area contributed by atoms with Crippen LogP contribution >= 0.6 is 34.8 Å². The highest BCUT2D eigenvalue weighted by atomic mass is 35.5. The van der Waals surface area contributed by atoms with E-state index in [1.165, 1.54) is 6.07 Å². The minimum Gasteiger partial charge on any atom is -0.336 e. The molecule has 3 rings (SSSR count). The van der Waals surface area contributed by atoms with Gasteiger partial charge < -0.3 is 10.6 Å². The molecule has 1 atom stereocenters. The summed E-state index contributed by atoms with van der Waals surface area (Å²) in [7, 11) is 0. The maximum absolute atomic E-state index is 12.3. The molecule has 1 aromatic carbocycles. The summed E-state index contributed by atoms with van der Waals surface area (Å²) in [5, 5.41) is 5.76. The molecule has 4 nitrogen and oxygen atoms in total. The molecule has 2 N–H and O–H groups in total. The molecule has 0 spiro atoms. The van der Waals surface area contributed by atoms with E-state index in [2.05, 4.69) is 16.6 Å². The number of terminal acetylenes is 1. The number of halogens is 3. The minimum atomic E-state index is -0.998. The molecule has 2 fully saturated rings. The summed E-state index contributed by atoms with van der Waals surface area (Å²) < 4.78 is -0.998. The Morgan fingerprint density at radius 2 is 1.96 bits per heavy atom. The lowest BCUT2D eigenvalue weighted by Gasteiger charge is -2.13. The molecule has 7 heteroatoms. The van der Waals surface area contributed by atoms with Crippen molar-refractivity contribution in [2.75, 3.05) is 5.32 Å². The van der Waals surface area contributed by atoms with Gasteiger partial charge in [-0.15, -0.1) is 29.6 Å². The average molecular weight is 372 g/mol. The third-order valence-electron chi connectivity index (χ3n) is 4.00. The van der Waals surface area contributed by atoms with E-state index in [1.54, 1.807) is 12.1 Å². The van der Waals surface area contributed by atoms with E-state index in [9.17, 15) is 9.59 Å².